The first-order valence-corrected chi connectivity index (χ1v) is 7.06. The lowest BCUT2D eigenvalue weighted by Crippen LogP contribution is -2.34. The van der Waals surface area contributed by atoms with Gasteiger partial charge in [0.15, 0.2) is 0 Å². The van der Waals surface area contributed by atoms with Crippen LogP contribution in [-0.4, -0.2) is 22.8 Å². The van der Waals surface area contributed by atoms with E-state index < -0.39 is 17.8 Å². The quantitative estimate of drug-likeness (QED) is 0.801. The van der Waals surface area contributed by atoms with E-state index in [0.717, 1.165) is 6.42 Å². The van der Waals surface area contributed by atoms with Gasteiger partial charge in [-0.05, 0) is 29.9 Å². The normalized spacial score (nSPS) is 27.0. The highest BCUT2D eigenvalue weighted by molar-refractivity contribution is 6.20. The number of nitrogens with zero attached hydrogens (tertiary/aromatic N) is 1. The maximum Gasteiger partial charge on any atom is 0.336 e. The van der Waals surface area contributed by atoms with Gasteiger partial charge in [-0.1, -0.05) is 38.0 Å². The molecule has 1 heterocycles. The van der Waals surface area contributed by atoms with Crippen LogP contribution in [0.5, 0.6) is 0 Å². The number of hydrogen-bond donors (Lipinski definition) is 0. The average molecular weight is 287 g/mol. The van der Waals surface area contributed by atoms with Crippen molar-refractivity contribution in [3.8, 4) is 0 Å². The van der Waals surface area contributed by atoms with Gasteiger partial charge in [0.2, 0.25) is 0 Å². The SMILES string of the molecule is CC(C)C1(C)CC1C(=O)ON1C(=O)c2ccccc2C1=O. The molecule has 1 fully saturated rings. The van der Waals surface area contributed by atoms with Crippen molar-refractivity contribution in [1.29, 1.82) is 0 Å². The first-order valence-electron chi connectivity index (χ1n) is 7.06. The van der Waals surface area contributed by atoms with E-state index in [-0.39, 0.29) is 22.5 Å². The molecule has 1 saturated carbocycles. The molecule has 0 spiro atoms. The molecule has 2 aliphatic rings. The molecule has 0 bridgehead atoms. The maximum absolute atomic E-state index is 12.2. The minimum Gasteiger partial charge on any atom is -0.329 e. The summed E-state index contributed by atoms with van der Waals surface area (Å²) in [6, 6.07) is 6.45. The Morgan fingerprint density at radius 3 is 2.19 bits per heavy atom. The molecule has 5 heteroatoms. The second-order valence-corrected chi connectivity index (χ2v) is 6.28. The van der Waals surface area contributed by atoms with Gasteiger partial charge >= 0.3 is 5.97 Å². The van der Waals surface area contributed by atoms with Crippen LogP contribution >= 0.6 is 0 Å². The molecule has 2 amide bonds. The van der Waals surface area contributed by atoms with Gasteiger partial charge in [0.1, 0.15) is 0 Å². The van der Waals surface area contributed by atoms with Gasteiger partial charge in [0.05, 0.1) is 17.0 Å². The van der Waals surface area contributed by atoms with Gasteiger partial charge in [0.25, 0.3) is 11.8 Å². The van der Waals surface area contributed by atoms with E-state index in [1.54, 1.807) is 24.3 Å². The molecule has 1 aliphatic carbocycles. The second kappa shape index (κ2) is 4.41. The maximum atomic E-state index is 12.2. The van der Waals surface area contributed by atoms with Gasteiger partial charge in [-0.2, -0.15) is 0 Å². The summed E-state index contributed by atoms with van der Waals surface area (Å²) < 4.78 is 0. The van der Waals surface area contributed by atoms with E-state index in [0.29, 0.717) is 11.0 Å². The first-order chi connectivity index (χ1) is 9.86. The summed E-state index contributed by atoms with van der Waals surface area (Å²) in [7, 11) is 0. The van der Waals surface area contributed by atoms with Crippen LogP contribution in [0.25, 0.3) is 0 Å². The fourth-order valence-electron chi connectivity index (χ4n) is 2.78. The molecule has 1 aromatic rings. The molecule has 21 heavy (non-hydrogen) atoms. The van der Waals surface area contributed by atoms with Crippen LogP contribution in [0.3, 0.4) is 0 Å². The average Bonchev–Trinajstić information content (AvgIpc) is 3.11. The predicted molar refractivity (Wildman–Crippen MR) is 74.1 cm³/mol. The van der Waals surface area contributed by atoms with E-state index >= 15 is 0 Å². The van der Waals surface area contributed by atoms with Crippen LogP contribution in [-0.2, 0) is 9.63 Å². The summed E-state index contributed by atoms with van der Waals surface area (Å²) in [6.07, 6.45) is 0.729. The molecule has 5 nitrogen and oxygen atoms in total. The van der Waals surface area contributed by atoms with Crippen LogP contribution in [0.1, 0.15) is 47.9 Å². The molecule has 2 atom stereocenters. The van der Waals surface area contributed by atoms with Crippen molar-refractivity contribution < 1.29 is 19.2 Å². The number of hydrogen-bond acceptors (Lipinski definition) is 4. The third kappa shape index (κ3) is 1.95. The number of carbonyl (C=O) groups excluding carboxylic acids is 3. The minimum absolute atomic E-state index is 0.101. The van der Waals surface area contributed by atoms with Gasteiger partial charge in [-0.15, -0.1) is 0 Å². The fourth-order valence-corrected chi connectivity index (χ4v) is 2.78. The molecule has 0 radical (unpaired) electrons. The molecular weight excluding hydrogens is 270 g/mol. The molecule has 0 N–H and O–H groups in total. The Morgan fingerprint density at radius 2 is 1.76 bits per heavy atom. The van der Waals surface area contributed by atoms with E-state index in [1.165, 1.54) is 0 Å². The van der Waals surface area contributed by atoms with Gasteiger partial charge in [-0.25, -0.2) is 4.79 Å². The number of amides is 2. The molecule has 2 unspecified atom stereocenters. The summed E-state index contributed by atoms with van der Waals surface area (Å²) in [6.45, 7) is 6.12. The topological polar surface area (TPSA) is 63.7 Å². The van der Waals surface area contributed by atoms with Gasteiger partial charge in [-0.3, -0.25) is 9.59 Å². The highest BCUT2D eigenvalue weighted by atomic mass is 16.7. The lowest BCUT2D eigenvalue weighted by atomic mass is 9.92. The van der Waals surface area contributed by atoms with E-state index in [4.69, 9.17) is 4.84 Å². The van der Waals surface area contributed by atoms with Crippen LogP contribution in [0.15, 0.2) is 24.3 Å². The van der Waals surface area contributed by atoms with Crippen molar-refractivity contribution in [2.45, 2.75) is 27.2 Å². The van der Waals surface area contributed by atoms with Crippen molar-refractivity contribution in [2.24, 2.45) is 17.3 Å². The number of rotatable bonds is 3. The fraction of sp³-hybridized carbons (Fsp3) is 0.438. The molecule has 0 saturated heterocycles. The van der Waals surface area contributed by atoms with Crippen molar-refractivity contribution in [3.63, 3.8) is 0 Å². The van der Waals surface area contributed by atoms with E-state index in [9.17, 15) is 14.4 Å². The van der Waals surface area contributed by atoms with Crippen LogP contribution in [0, 0.1) is 17.3 Å². The van der Waals surface area contributed by atoms with Crippen molar-refractivity contribution in [3.05, 3.63) is 35.4 Å². The molecule has 110 valence electrons. The van der Waals surface area contributed by atoms with E-state index in [2.05, 4.69) is 13.8 Å². The van der Waals surface area contributed by atoms with Crippen LogP contribution < -0.4 is 0 Å². The molecule has 1 aliphatic heterocycles. The van der Waals surface area contributed by atoms with Crippen molar-refractivity contribution >= 4 is 17.8 Å². The Hall–Kier alpha value is -2.17. The van der Waals surface area contributed by atoms with E-state index in [1.807, 2.05) is 6.92 Å². The minimum atomic E-state index is -0.573. The lowest BCUT2D eigenvalue weighted by Gasteiger charge is -2.17. The van der Waals surface area contributed by atoms with Crippen LogP contribution in [0.4, 0.5) is 0 Å². The molecule has 0 aromatic heterocycles. The third-order valence-electron chi connectivity index (χ3n) is 4.82. The lowest BCUT2D eigenvalue weighted by molar-refractivity contribution is -0.171. The monoisotopic (exact) mass is 287 g/mol. The second-order valence-electron chi connectivity index (χ2n) is 6.28. The number of carbonyl (C=O) groups is 3. The van der Waals surface area contributed by atoms with Gasteiger partial charge < -0.3 is 4.84 Å². The Labute approximate surface area is 122 Å². The van der Waals surface area contributed by atoms with Crippen molar-refractivity contribution in [2.75, 3.05) is 0 Å². The smallest absolute Gasteiger partial charge is 0.329 e. The molecule has 3 rings (SSSR count). The Morgan fingerprint density at radius 1 is 1.24 bits per heavy atom. The first kappa shape index (κ1) is 13.8. The number of hydroxylamine groups is 2. The number of benzene rings is 1. The summed E-state index contributed by atoms with van der Waals surface area (Å²) >= 11 is 0. The highest BCUT2D eigenvalue weighted by Gasteiger charge is 2.58. The summed E-state index contributed by atoms with van der Waals surface area (Å²) in [5.74, 6) is -1.55. The molecule has 1 aromatic carbocycles. The Bertz CT molecular complexity index is 616. The standard InChI is InChI=1S/C16H17NO4/c1-9(2)16(3)8-12(16)15(20)21-17-13(18)10-6-4-5-7-11(10)14(17)19/h4-7,9,12H,8H2,1-3H3. The van der Waals surface area contributed by atoms with Crippen molar-refractivity contribution in [1.82, 2.24) is 5.06 Å². The zero-order valence-electron chi connectivity index (χ0n) is 12.3. The Balaban J connectivity index is 1.75. The predicted octanol–water partition coefficient (Wildman–Crippen LogP) is 2.42. The highest BCUT2D eigenvalue weighted by Crippen LogP contribution is 2.58. The van der Waals surface area contributed by atoms with Gasteiger partial charge in [0, 0.05) is 0 Å². The largest absolute Gasteiger partial charge is 0.336 e. The zero-order valence-corrected chi connectivity index (χ0v) is 12.3. The third-order valence-corrected chi connectivity index (χ3v) is 4.82. The number of imide groups is 1. The summed E-state index contributed by atoms with van der Waals surface area (Å²) in [5.41, 5.74) is 0.450. The summed E-state index contributed by atoms with van der Waals surface area (Å²) in [4.78, 5) is 41.5. The summed E-state index contributed by atoms with van der Waals surface area (Å²) in [5, 5.41) is 0.589. The zero-order chi connectivity index (χ0) is 15.4. The number of fused-ring (bicyclic) bond motifs is 1. The Kier molecular flexibility index (Phi) is 2.90. The molecular formula is C16H17NO4. The van der Waals surface area contributed by atoms with Crippen LogP contribution in [0.2, 0.25) is 0 Å².